The Morgan fingerprint density at radius 1 is 1.45 bits per heavy atom. The summed E-state index contributed by atoms with van der Waals surface area (Å²) < 4.78 is 5.09. The lowest BCUT2D eigenvalue weighted by Crippen LogP contribution is -2.32. The zero-order chi connectivity index (χ0) is 14.5. The molecule has 1 aromatic heterocycles. The van der Waals surface area contributed by atoms with Crippen LogP contribution in [-0.2, 0) is 10.5 Å². The Balaban J connectivity index is 1.92. The molecule has 106 valence electrons. The predicted molar refractivity (Wildman–Crippen MR) is 76.5 cm³/mol. The summed E-state index contributed by atoms with van der Waals surface area (Å²) in [5, 5.41) is 13.1. The lowest BCUT2D eigenvalue weighted by molar-refractivity contribution is -0.137. The number of carboxylic acid groups (broad SMARTS) is 1. The molecule has 2 rings (SSSR count). The first-order chi connectivity index (χ1) is 9.56. The fourth-order valence-corrected chi connectivity index (χ4v) is 2.31. The van der Waals surface area contributed by atoms with Crippen LogP contribution >= 0.6 is 23.4 Å². The van der Waals surface area contributed by atoms with E-state index in [1.54, 1.807) is 24.3 Å². The first kappa shape index (κ1) is 14.8. The molecule has 0 saturated heterocycles. The normalized spacial score (nSPS) is 12.3. The van der Waals surface area contributed by atoms with Crippen LogP contribution in [0.3, 0.4) is 0 Å². The molecule has 0 radical (unpaired) electrons. The van der Waals surface area contributed by atoms with E-state index < -0.39 is 12.0 Å². The molecule has 6 nitrogen and oxygen atoms in total. The molecule has 1 heterocycles. The van der Waals surface area contributed by atoms with E-state index in [1.807, 2.05) is 0 Å². The van der Waals surface area contributed by atoms with Gasteiger partial charge in [-0.1, -0.05) is 16.8 Å². The molecule has 0 unspecified atom stereocenters. The average Bonchev–Trinajstić information content (AvgIpc) is 2.88. The number of hydrogen-bond donors (Lipinski definition) is 2. The summed E-state index contributed by atoms with van der Waals surface area (Å²) in [5.74, 6) is 0.581. The van der Waals surface area contributed by atoms with E-state index in [-0.39, 0.29) is 5.75 Å². The van der Waals surface area contributed by atoms with Crippen LogP contribution < -0.4 is 5.73 Å². The summed E-state index contributed by atoms with van der Waals surface area (Å²) in [4.78, 5) is 14.8. The zero-order valence-electron chi connectivity index (χ0n) is 10.3. The number of thioether (sulfide) groups is 1. The van der Waals surface area contributed by atoms with Gasteiger partial charge in [0, 0.05) is 16.3 Å². The SMILES string of the molecule is N[C@@H](CSCc1nc(-c2ccc(Cl)cc2)no1)C(=O)O. The molecule has 1 atom stereocenters. The van der Waals surface area contributed by atoms with Crippen LogP contribution in [0.2, 0.25) is 5.02 Å². The van der Waals surface area contributed by atoms with E-state index >= 15 is 0 Å². The van der Waals surface area contributed by atoms with Crippen molar-refractivity contribution in [2.75, 3.05) is 5.75 Å². The maximum atomic E-state index is 10.6. The Labute approximate surface area is 124 Å². The maximum Gasteiger partial charge on any atom is 0.321 e. The van der Waals surface area contributed by atoms with Crippen molar-refractivity contribution in [3.05, 3.63) is 35.2 Å². The topological polar surface area (TPSA) is 102 Å². The van der Waals surface area contributed by atoms with Gasteiger partial charge in [0.25, 0.3) is 0 Å². The van der Waals surface area contributed by atoms with E-state index in [9.17, 15) is 4.79 Å². The highest BCUT2D eigenvalue weighted by Gasteiger charge is 2.13. The lowest BCUT2D eigenvalue weighted by Gasteiger charge is -2.03. The number of hydrogen-bond acceptors (Lipinski definition) is 6. The van der Waals surface area contributed by atoms with Gasteiger partial charge in [-0.2, -0.15) is 4.98 Å². The third-order valence-corrected chi connectivity index (χ3v) is 3.71. The van der Waals surface area contributed by atoms with Gasteiger partial charge in [-0.15, -0.1) is 11.8 Å². The van der Waals surface area contributed by atoms with Crippen LogP contribution in [0.4, 0.5) is 0 Å². The minimum Gasteiger partial charge on any atom is -0.480 e. The molecule has 1 aromatic carbocycles. The van der Waals surface area contributed by atoms with E-state index in [0.717, 1.165) is 5.56 Å². The molecule has 20 heavy (non-hydrogen) atoms. The fourth-order valence-electron chi connectivity index (χ4n) is 1.37. The highest BCUT2D eigenvalue weighted by atomic mass is 35.5. The van der Waals surface area contributed by atoms with Crippen LogP contribution in [0.1, 0.15) is 5.89 Å². The van der Waals surface area contributed by atoms with Gasteiger partial charge in [-0.05, 0) is 24.3 Å². The molecule has 0 bridgehead atoms. The number of nitrogens with two attached hydrogens (primary N) is 1. The smallest absolute Gasteiger partial charge is 0.321 e. The van der Waals surface area contributed by atoms with Gasteiger partial charge >= 0.3 is 5.97 Å². The Kier molecular flexibility index (Phi) is 4.99. The molecule has 0 fully saturated rings. The summed E-state index contributed by atoms with van der Waals surface area (Å²) in [7, 11) is 0. The largest absolute Gasteiger partial charge is 0.480 e. The number of rotatable bonds is 6. The number of nitrogens with zero attached hydrogens (tertiary/aromatic N) is 2. The standard InChI is InChI=1S/C12H12ClN3O3S/c13-8-3-1-7(2-4-8)11-15-10(19-16-11)6-20-5-9(14)12(17)18/h1-4,9H,5-6,14H2,(H,17,18)/t9-/m0/s1. The number of benzene rings is 1. The fraction of sp³-hybridized carbons (Fsp3) is 0.250. The van der Waals surface area contributed by atoms with Crippen molar-refractivity contribution in [2.24, 2.45) is 5.73 Å². The van der Waals surface area contributed by atoms with E-state index in [4.69, 9.17) is 27.0 Å². The summed E-state index contributed by atoms with van der Waals surface area (Å²) in [5.41, 5.74) is 6.19. The second-order valence-corrected chi connectivity index (χ2v) is 5.45. The van der Waals surface area contributed by atoms with Gasteiger partial charge in [0.15, 0.2) is 0 Å². The van der Waals surface area contributed by atoms with Gasteiger partial charge in [-0.3, -0.25) is 4.79 Å². The van der Waals surface area contributed by atoms with E-state index in [2.05, 4.69) is 10.1 Å². The third kappa shape index (κ3) is 3.96. The Hall–Kier alpha value is -1.57. The summed E-state index contributed by atoms with van der Waals surface area (Å²) in [6.07, 6.45) is 0. The van der Waals surface area contributed by atoms with Crippen LogP contribution in [-0.4, -0.2) is 33.0 Å². The highest BCUT2D eigenvalue weighted by Crippen LogP contribution is 2.20. The minimum atomic E-state index is -1.02. The van der Waals surface area contributed by atoms with E-state index in [0.29, 0.717) is 22.5 Å². The minimum absolute atomic E-state index is 0.286. The summed E-state index contributed by atoms with van der Waals surface area (Å²) >= 11 is 7.13. The van der Waals surface area contributed by atoms with Gasteiger partial charge < -0.3 is 15.4 Å². The van der Waals surface area contributed by atoms with Crippen LogP contribution in [0.5, 0.6) is 0 Å². The summed E-state index contributed by atoms with van der Waals surface area (Å²) in [6, 6.07) is 6.19. The highest BCUT2D eigenvalue weighted by molar-refractivity contribution is 7.98. The van der Waals surface area contributed by atoms with Crippen molar-refractivity contribution in [3.8, 4) is 11.4 Å². The maximum absolute atomic E-state index is 10.6. The van der Waals surface area contributed by atoms with Gasteiger partial charge in [0.05, 0.1) is 5.75 Å². The van der Waals surface area contributed by atoms with Crippen LogP contribution in [0, 0.1) is 0 Å². The molecule has 0 aliphatic rings. The zero-order valence-corrected chi connectivity index (χ0v) is 11.9. The van der Waals surface area contributed by atoms with Gasteiger partial charge in [0.1, 0.15) is 6.04 Å². The van der Waals surface area contributed by atoms with Crippen LogP contribution in [0.25, 0.3) is 11.4 Å². The number of carbonyl (C=O) groups is 1. The second kappa shape index (κ2) is 6.74. The molecule has 0 spiro atoms. The molecule has 8 heteroatoms. The second-order valence-electron chi connectivity index (χ2n) is 3.98. The van der Waals surface area contributed by atoms with Crippen LogP contribution in [0.15, 0.2) is 28.8 Å². The van der Waals surface area contributed by atoms with Crippen molar-refractivity contribution < 1.29 is 14.4 Å². The van der Waals surface area contributed by atoms with Crippen molar-refractivity contribution >= 4 is 29.3 Å². The third-order valence-electron chi connectivity index (χ3n) is 2.41. The molecule has 0 amide bonds. The molecule has 0 saturated carbocycles. The van der Waals surface area contributed by atoms with Crippen molar-refractivity contribution in [1.29, 1.82) is 0 Å². The molecule has 2 aromatic rings. The number of carboxylic acids is 1. The predicted octanol–water partition coefficient (Wildman–Crippen LogP) is 2.04. The van der Waals surface area contributed by atoms with Crippen molar-refractivity contribution in [3.63, 3.8) is 0 Å². The Morgan fingerprint density at radius 3 is 2.80 bits per heavy atom. The lowest BCUT2D eigenvalue weighted by atomic mass is 10.2. The molecule has 0 aliphatic carbocycles. The molecular weight excluding hydrogens is 302 g/mol. The Morgan fingerprint density at radius 2 is 2.15 bits per heavy atom. The number of aromatic nitrogens is 2. The molecule has 0 aliphatic heterocycles. The number of halogens is 1. The van der Waals surface area contributed by atoms with Gasteiger partial charge in [0.2, 0.25) is 11.7 Å². The number of aliphatic carboxylic acids is 1. The van der Waals surface area contributed by atoms with Crippen molar-refractivity contribution in [1.82, 2.24) is 10.1 Å². The van der Waals surface area contributed by atoms with Gasteiger partial charge in [-0.25, -0.2) is 0 Å². The van der Waals surface area contributed by atoms with Crippen molar-refractivity contribution in [2.45, 2.75) is 11.8 Å². The quantitative estimate of drug-likeness (QED) is 0.841. The average molecular weight is 314 g/mol. The molecule has 3 N–H and O–H groups in total. The summed E-state index contributed by atoms with van der Waals surface area (Å²) in [6.45, 7) is 0. The Bertz CT molecular complexity index is 588. The first-order valence-corrected chi connectivity index (χ1v) is 7.24. The monoisotopic (exact) mass is 313 g/mol. The first-order valence-electron chi connectivity index (χ1n) is 5.71. The van der Waals surface area contributed by atoms with E-state index in [1.165, 1.54) is 11.8 Å². The molecular formula is C12H12ClN3O3S.